The second kappa shape index (κ2) is 6.31. The number of rotatable bonds is 4. The molecule has 1 amide bonds. The lowest BCUT2D eigenvalue weighted by Crippen LogP contribution is -2.20. The molecule has 22 heavy (non-hydrogen) atoms. The first-order valence-electron chi connectivity index (χ1n) is 7.19. The number of aryl methyl sites for hydroxylation is 1. The Kier molecular flexibility index (Phi) is 4.05. The van der Waals surface area contributed by atoms with E-state index in [1.807, 2.05) is 73.7 Å². The molecule has 0 atom stereocenters. The van der Waals surface area contributed by atoms with E-state index in [1.54, 1.807) is 0 Å². The smallest absolute Gasteiger partial charge is 0.262 e. The van der Waals surface area contributed by atoms with E-state index in [0.717, 1.165) is 22.0 Å². The van der Waals surface area contributed by atoms with Crippen molar-refractivity contribution in [3.8, 4) is 5.75 Å². The van der Waals surface area contributed by atoms with Crippen LogP contribution in [0.5, 0.6) is 5.75 Å². The molecule has 0 unspecified atom stereocenters. The van der Waals surface area contributed by atoms with Crippen LogP contribution in [0.4, 0.5) is 5.69 Å². The molecule has 0 aliphatic heterocycles. The minimum Gasteiger partial charge on any atom is -0.484 e. The van der Waals surface area contributed by atoms with Gasteiger partial charge in [0.15, 0.2) is 6.61 Å². The van der Waals surface area contributed by atoms with Crippen molar-refractivity contribution in [2.45, 2.75) is 6.92 Å². The Morgan fingerprint density at radius 1 is 0.955 bits per heavy atom. The van der Waals surface area contributed by atoms with Gasteiger partial charge in [-0.15, -0.1) is 0 Å². The van der Waals surface area contributed by atoms with Crippen LogP contribution in [0.2, 0.25) is 0 Å². The van der Waals surface area contributed by atoms with Gasteiger partial charge in [0, 0.05) is 5.69 Å². The van der Waals surface area contributed by atoms with E-state index >= 15 is 0 Å². The van der Waals surface area contributed by atoms with Gasteiger partial charge in [-0.25, -0.2) is 0 Å². The van der Waals surface area contributed by atoms with Crippen molar-refractivity contribution in [3.63, 3.8) is 0 Å². The zero-order chi connectivity index (χ0) is 15.4. The Balaban J connectivity index is 1.62. The Morgan fingerprint density at radius 3 is 2.59 bits per heavy atom. The number of hydrogen-bond acceptors (Lipinski definition) is 2. The molecule has 0 radical (unpaired) electrons. The maximum atomic E-state index is 11.9. The van der Waals surface area contributed by atoms with Crippen LogP contribution in [0.15, 0.2) is 66.7 Å². The molecular weight excluding hydrogens is 274 g/mol. The van der Waals surface area contributed by atoms with Gasteiger partial charge in [-0.3, -0.25) is 4.79 Å². The van der Waals surface area contributed by atoms with Crippen LogP contribution in [0.25, 0.3) is 10.8 Å². The fourth-order valence-electron chi connectivity index (χ4n) is 2.33. The van der Waals surface area contributed by atoms with Crippen LogP contribution < -0.4 is 10.1 Å². The van der Waals surface area contributed by atoms with Crippen LogP contribution in [-0.2, 0) is 4.79 Å². The van der Waals surface area contributed by atoms with Crippen molar-refractivity contribution in [1.82, 2.24) is 0 Å². The maximum Gasteiger partial charge on any atom is 0.262 e. The van der Waals surface area contributed by atoms with Gasteiger partial charge in [0.25, 0.3) is 5.91 Å². The Bertz CT molecular complexity index is 811. The molecule has 0 saturated carbocycles. The normalized spacial score (nSPS) is 10.4. The standard InChI is InChI=1S/C19H17NO2/c1-14-5-4-8-17(11-14)20-19(21)13-22-18-10-9-15-6-2-3-7-16(15)12-18/h2-12H,13H2,1H3,(H,20,21). The molecule has 1 N–H and O–H groups in total. The molecule has 0 fully saturated rings. The van der Waals surface area contributed by atoms with Gasteiger partial charge in [-0.1, -0.05) is 42.5 Å². The molecule has 3 aromatic rings. The summed E-state index contributed by atoms with van der Waals surface area (Å²) in [4.78, 5) is 11.9. The fraction of sp³-hybridized carbons (Fsp3) is 0.105. The highest BCUT2D eigenvalue weighted by Gasteiger charge is 2.04. The minimum absolute atomic E-state index is 0.00766. The lowest BCUT2D eigenvalue weighted by atomic mass is 10.1. The number of anilines is 1. The number of carbonyl (C=O) groups is 1. The minimum atomic E-state index is -0.168. The largest absolute Gasteiger partial charge is 0.484 e. The van der Waals surface area contributed by atoms with Crippen molar-refractivity contribution in [2.24, 2.45) is 0 Å². The highest BCUT2D eigenvalue weighted by molar-refractivity contribution is 5.92. The van der Waals surface area contributed by atoms with E-state index in [-0.39, 0.29) is 12.5 Å². The van der Waals surface area contributed by atoms with E-state index in [9.17, 15) is 4.79 Å². The van der Waals surface area contributed by atoms with Crippen LogP contribution in [0.1, 0.15) is 5.56 Å². The van der Waals surface area contributed by atoms with Crippen LogP contribution in [-0.4, -0.2) is 12.5 Å². The summed E-state index contributed by atoms with van der Waals surface area (Å²) in [5.41, 5.74) is 1.89. The second-order valence-electron chi connectivity index (χ2n) is 5.22. The van der Waals surface area contributed by atoms with Gasteiger partial charge >= 0.3 is 0 Å². The van der Waals surface area contributed by atoms with Gasteiger partial charge in [0.05, 0.1) is 0 Å². The van der Waals surface area contributed by atoms with E-state index in [2.05, 4.69) is 5.32 Å². The van der Waals surface area contributed by atoms with Crippen LogP contribution in [0.3, 0.4) is 0 Å². The Labute approximate surface area is 129 Å². The molecular formula is C19H17NO2. The van der Waals surface area contributed by atoms with Gasteiger partial charge in [0.2, 0.25) is 0 Å². The predicted molar refractivity (Wildman–Crippen MR) is 89.3 cm³/mol. The summed E-state index contributed by atoms with van der Waals surface area (Å²) in [5, 5.41) is 5.07. The first-order chi connectivity index (χ1) is 10.7. The van der Waals surface area contributed by atoms with Crippen LogP contribution >= 0.6 is 0 Å². The maximum absolute atomic E-state index is 11.9. The molecule has 3 heteroatoms. The molecule has 0 bridgehead atoms. The van der Waals surface area contributed by atoms with Gasteiger partial charge in [-0.05, 0) is 47.5 Å². The average Bonchev–Trinajstić information content (AvgIpc) is 2.53. The van der Waals surface area contributed by atoms with Crippen molar-refractivity contribution in [2.75, 3.05) is 11.9 Å². The predicted octanol–water partition coefficient (Wildman–Crippen LogP) is 4.17. The lowest BCUT2D eigenvalue weighted by Gasteiger charge is -2.09. The third kappa shape index (κ3) is 3.44. The van der Waals surface area contributed by atoms with Crippen LogP contribution in [0, 0.1) is 6.92 Å². The average molecular weight is 291 g/mol. The number of carbonyl (C=O) groups excluding carboxylic acids is 1. The van der Waals surface area contributed by atoms with E-state index in [0.29, 0.717) is 5.75 Å². The SMILES string of the molecule is Cc1cccc(NC(=O)COc2ccc3ccccc3c2)c1. The molecule has 0 aliphatic carbocycles. The first kappa shape index (κ1) is 14.1. The Hall–Kier alpha value is -2.81. The molecule has 110 valence electrons. The van der Waals surface area contributed by atoms with Gasteiger partial charge < -0.3 is 10.1 Å². The quantitative estimate of drug-likeness (QED) is 0.783. The monoisotopic (exact) mass is 291 g/mol. The highest BCUT2D eigenvalue weighted by atomic mass is 16.5. The zero-order valence-corrected chi connectivity index (χ0v) is 12.4. The highest BCUT2D eigenvalue weighted by Crippen LogP contribution is 2.20. The summed E-state index contributed by atoms with van der Waals surface area (Å²) in [6.45, 7) is 1.98. The summed E-state index contributed by atoms with van der Waals surface area (Å²) in [5.74, 6) is 0.525. The Morgan fingerprint density at radius 2 is 1.77 bits per heavy atom. The summed E-state index contributed by atoms with van der Waals surface area (Å²) < 4.78 is 5.57. The number of nitrogens with one attached hydrogen (secondary N) is 1. The third-order valence-corrected chi connectivity index (χ3v) is 3.39. The number of ether oxygens (including phenoxy) is 1. The molecule has 3 rings (SSSR count). The molecule has 3 aromatic carbocycles. The van der Waals surface area contributed by atoms with Gasteiger partial charge in [0.1, 0.15) is 5.75 Å². The third-order valence-electron chi connectivity index (χ3n) is 3.39. The molecule has 3 nitrogen and oxygen atoms in total. The molecule has 0 aliphatic rings. The molecule has 0 heterocycles. The number of amides is 1. The molecule has 0 aromatic heterocycles. The first-order valence-corrected chi connectivity index (χ1v) is 7.19. The lowest BCUT2D eigenvalue weighted by molar-refractivity contribution is -0.118. The van der Waals surface area contributed by atoms with E-state index in [1.165, 1.54) is 0 Å². The second-order valence-corrected chi connectivity index (χ2v) is 5.22. The molecule has 0 saturated heterocycles. The van der Waals surface area contributed by atoms with Crippen molar-refractivity contribution in [3.05, 3.63) is 72.3 Å². The fourth-order valence-corrected chi connectivity index (χ4v) is 2.33. The van der Waals surface area contributed by atoms with E-state index in [4.69, 9.17) is 4.74 Å². The van der Waals surface area contributed by atoms with Crippen molar-refractivity contribution >= 4 is 22.4 Å². The van der Waals surface area contributed by atoms with E-state index < -0.39 is 0 Å². The zero-order valence-electron chi connectivity index (χ0n) is 12.4. The topological polar surface area (TPSA) is 38.3 Å². The number of benzene rings is 3. The number of hydrogen-bond donors (Lipinski definition) is 1. The van der Waals surface area contributed by atoms with Crippen molar-refractivity contribution in [1.29, 1.82) is 0 Å². The van der Waals surface area contributed by atoms with Crippen molar-refractivity contribution < 1.29 is 9.53 Å². The number of fused-ring (bicyclic) bond motifs is 1. The summed E-state index contributed by atoms with van der Waals surface area (Å²) in [6.07, 6.45) is 0. The van der Waals surface area contributed by atoms with Gasteiger partial charge in [-0.2, -0.15) is 0 Å². The summed E-state index contributed by atoms with van der Waals surface area (Å²) >= 11 is 0. The molecule has 0 spiro atoms. The summed E-state index contributed by atoms with van der Waals surface area (Å²) in [7, 11) is 0. The summed E-state index contributed by atoms with van der Waals surface area (Å²) in [6, 6.07) is 21.5.